The number of aryl methyl sites for hydroxylation is 2. The van der Waals surface area contributed by atoms with Crippen molar-refractivity contribution in [1.82, 2.24) is 5.32 Å². The van der Waals surface area contributed by atoms with Crippen LogP contribution in [0.25, 0.3) is 11.3 Å². The smallest absolute Gasteiger partial charge is 0.256 e. The molecule has 23 heavy (non-hydrogen) atoms. The van der Waals surface area contributed by atoms with Crippen LogP contribution < -0.4 is 5.32 Å². The summed E-state index contributed by atoms with van der Waals surface area (Å²) in [6.07, 6.45) is 0. The first-order chi connectivity index (χ1) is 10.9. The van der Waals surface area contributed by atoms with Crippen LogP contribution in [-0.4, -0.2) is 11.7 Å². The van der Waals surface area contributed by atoms with Gasteiger partial charge in [-0.1, -0.05) is 0 Å². The highest BCUT2D eigenvalue weighted by Crippen LogP contribution is 2.36. The summed E-state index contributed by atoms with van der Waals surface area (Å²) < 4.78 is 5.59. The molecule has 3 rings (SSSR count). The fraction of sp³-hybridized carbons (Fsp3) is 0.222. The van der Waals surface area contributed by atoms with Gasteiger partial charge in [-0.3, -0.25) is 9.59 Å². The van der Waals surface area contributed by atoms with Crippen molar-refractivity contribution < 1.29 is 14.0 Å². The first kappa shape index (κ1) is 15.5. The predicted octanol–water partition coefficient (Wildman–Crippen LogP) is 3.86. The lowest BCUT2D eigenvalue weighted by molar-refractivity contribution is -0.117. The molecular weight excluding hydrogens is 310 g/mol. The van der Waals surface area contributed by atoms with E-state index in [1.54, 1.807) is 17.4 Å². The molecule has 1 aliphatic rings. The SMILES string of the molecule is CC(=O)C1=C(c2ccc(C)o2)NC(=O)/C1=C(/C)c1ccc(C)s1. The lowest BCUT2D eigenvalue weighted by atomic mass is 9.97. The highest BCUT2D eigenvalue weighted by atomic mass is 32.1. The van der Waals surface area contributed by atoms with Crippen LogP contribution in [0.2, 0.25) is 0 Å². The molecule has 0 aromatic carbocycles. The maximum atomic E-state index is 12.5. The molecule has 2 aromatic heterocycles. The Morgan fingerprint density at radius 2 is 1.87 bits per heavy atom. The molecule has 0 unspecified atom stereocenters. The van der Waals surface area contributed by atoms with Gasteiger partial charge in [0, 0.05) is 9.75 Å². The van der Waals surface area contributed by atoms with E-state index in [4.69, 9.17) is 4.42 Å². The maximum absolute atomic E-state index is 12.5. The molecule has 1 amide bonds. The molecule has 0 bridgehead atoms. The van der Waals surface area contributed by atoms with Gasteiger partial charge in [0.25, 0.3) is 5.91 Å². The number of amides is 1. The fourth-order valence-corrected chi connectivity index (χ4v) is 3.57. The quantitative estimate of drug-likeness (QED) is 0.871. The Morgan fingerprint density at radius 3 is 2.39 bits per heavy atom. The van der Waals surface area contributed by atoms with Crippen LogP contribution in [0.4, 0.5) is 0 Å². The average Bonchev–Trinajstić information content (AvgIpc) is 3.16. The van der Waals surface area contributed by atoms with Crippen molar-refractivity contribution in [2.45, 2.75) is 27.7 Å². The van der Waals surface area contributed by atoms with Crippen LogP contribution in [0.3, 0.4) is 0 Å². The third kappa shape index (κ3) is 2.68. The van der Waals surface area contributed by atoms with Crippen molar-refractivity contribution in [3.05, 3.63) is 56.7 Å². The molecule has 0 saturated carbocycles. The molecule has 3 heterocycles. The van der Waals surface area contributed by atoms with E-state index in [1.165, 1.54) is 6.92 Å². The van der Waals surface area contributed by atoms with Gasteiger partial charge in [0.05, 0.1) is 16.8 Å². The number of hydrogen-bond donors (Lipinski definition) is 1. The van der Waals surface area contributed by atoms with Crippen LogP contribution >= 0.6 is 11.3 Å². The van der Waals surface area contributed by atoms with Gasteiger partial charge in [-0.05, 0) is 57.5 Å². The number of carbonyl (C=O) groups excluding carboxylic acids is 2. The van der Waals surface area contributed by atoms with Gasteiger partial charge in [-0.15, -0.1) is 11.3 Å². The normalized spacial score (nSPS) is 16.8. The summed E-state index contributed by atoms with van der Waals surface area (Å²) in [5.41, 5.74) is 2.10. The molecule has 5 heteroatoms. The van der Waals surface area contributed by atoms with Crippen LogP contribution in [0.1, 0.15) is 35.1 Å². The molecule has 0 spiro atoms. The molecule has 0 aliphatic carbocycles. The number of allylic oxidation sites excluding steroid dienone is 1. The number of furan rings is 1. The van der Waals surface area contributed by atoms with Gasteiger partial charge < -0.3 is 9.73 Å². The molecule has 0 saturated heterocycles. The lowest BCUT2D eigenvalue weighted by Crippen LogP contribution is -2.16. The number of thiophene rings is 1. The van der Waals surface area contributed by atoms with Gasteiger partial charge in [-0.2, -0.15) is 0 Å². The second-order valence-corrected chi connectivity index (χ2v) is 6.87. The van der Waals surface area contributed by atoms with E-state index >= 15 is 0 Å². The zero-order valence-electron chi connectivity index (χ0n) is 13.4. The largest absolute Gasteiger partial charge is 0.460 e. The molecule has 4 nitrogen and oxygen atoms in total. The van der Waals surface area contributed by atoms with Crippen molar-refractivity contribution in [1.29, 1.82) is 0 Å². The van der Waals surface area contributed by atoms with Crippen LogP contribution in [-0.2, 0) is 9.59 Å². The number of carbonyl (C=O) groups is 2. The minimum absolute atomic E-state index is 0.157. The Morgan fingerprint density at radius 1 is 1.13 bits per heavy atom. The monoisotopic (exact) mass is 327 g/mol. The third-order valence-corrected chi connectivity index (χ3v) is 4.91. The topological polar surface area (TPSA) is 59.3 Å². The molecule has 118 valence electrons. The van der Waals surface area contributed by atoms with E-state index in [0.717, 1.165) is 21.1 Å². The second kappa shape index (κ2) is 5.66. The Hall–Kier alpha value is -2.40. The number of nitrogens with one attached hydrogen (secondary N) is 1. The van der Waals surface area contributed by atoms with Crippen molar-refractivity contribution in [3.63, 3.8) is 0 Å². The molecule has 2 aromatic rings. The van der Waals surface area contributed by atoms with Gasteiger partial charge in [0.15, 0.2) is 11.5 Å². The predicted molar refractivity (Wildman–Crippen MR) is 90.8 cm³/mol. The molecule has 0 fully saturated rings. The molecule has 0 atom stereocenters. The summed E-state index contributed by atoms with van der Waals surface area (Å²) in [6.45, 7) is 7.18. The maximum Gasteiger partial charge on any atom is 0.256 e. The van der Waals surface area contributed by atoms with Gasteiger partial charge in [-0.25, -0.2) is 0 Å². The van der Waals surface area contributed by atoms with Gasteiger partial charge in [0.1, 0.15) is 5.76 Å². The van der Waals surface area contributed by atoms with Crippen LogP contribution in [0.15, 0.2) is 39.8 Å². The molecule has 1 aliphatic heterocycles. The first-order valence-corrected chi connectivity index (χ1v) is 8.11. The van der Waals surface area contributed by atoms with E-state index in [1.807, 2.05) is 39.0 Å². The Labute approximate surface area is 138 Å². The highest BCUT2D eigenvalue weighted by Gasteiger charge is 2.34. The van der Waals surface area contributed by atoms with E-state index in [9.17, 15) is 9.59 Å². The Kier molecular flexibility index (Phi) is 3.82. The van der Waals surface area contributed by atoms with Crippen LogP contribution in [0, 0.1) is 13.8 Å². The number of rotatable bonds is 3. The minimum Gasteiger partial charge on any atom is -0.460 e. The molecular formula is C18H17NO3S. The van der Waals surface area contributed by atoms with Crippen molar-refractivity contribution in [2.24, 2.45) is 0 Å². The molecule has 1 N–H and O–H groups in total. The first-order valence-electron chi connectivity index (χ1n) is 7.30. The van der Waals surface area contributed by atoms with E-state index in [0.29, 0.717) is 22.6 Å². The van der Waals surface area contributed by atoms with E-state index < -0.39 is 0 Å². The van der Waals surface area contributed by atoms with Gasteiger partial charge in [0.2, 0.25) is 0 Å². The highest BCUT2D eigenvalue weighted by molar-refractivity contribution is 7.13. The van der Waals surface area contributed by atoms with Gasteiger partial charge >= 0.3 is 0 Å². The van der Waals surface area contributed by atoms with Crippen molar-refractivity contribution >= 4 is 34.3 Å². The number of ketones is 1. The number of hydrogen-bond acceptors (Lipinski definition) is 4. The zero-order valence-corrected chi connectivity index (χ0v) is 14.3. The Bertz CT molecular complexity index is 880. The standard InChI is InChI=1S/C18H17NO3S/c1-9-5-7-13(22-9)17-16(12(4)20)15(18(21)19-17)11(3)14-8-6-10(2)23-14/h5-8H,1-4H3,(H,19,21)/b15-11-. The summed E-state index contributed by atoms with van der Waals surface area (Å²) in [5.74, 6) is 0.816. The number of Topliss-reactive ketones (excluding diaryl/α,β-unsaturated/α-hetero) is 1. The van der Waals surface area contributed by atoms with E-state index in [-0.39, 0.29) is 11.7 Å². The van der Waals surface area contributed by atoms with Crippen molar-refractivity contribution in [2.75, 3.05) is 0 Å². The Balaban J connectivity index is 2.22. The summed E-state index contributed by atoms with van der Waals surface area (Å²) >= 11 is 1.60. The third-order valence-electron chi connectivity index (χ3n) is 3.79. The summed E-state index contributed by atoms with van der Waals surface area (Å²) in [6, 6.07) is 7.55. The minimum atomic E-state index is -0.261. The summed E-state index contributed by atoms with van der Waals surface area (Å²) in [4.78, 5) is 26.9. The van der Waals surface area contributed by atoms with Crippen LogP contribution in [0.5, 0.6) is 0 Å². The van der Waals surface area contributed by atoms with Crippen molar-refractivity contribution in [3.8, 4) is 0 Å². The second-order valence-electron chi connectivity index (χ2n) is 5.58. The average molecular weight is 327 g/mol. The van der Waals surface area contributed by atoms with E-state index in [2.05, 4.69) is 5.32 Å². The fourth-order valence-electron chi connectivity index (χ4n) is 2.70. The summed E-state index contributed by atoms with van der Waals surface area (Å²) in [7, 11) is 0. The molecule has 0 radical (unpaired) electrons. The lowest BCUT2D eigenvalue weighted by Gasteiger charge is -2.05. The zero-order chi connectivity index (χ0) is 16.7. The summed E-state index contributed by atoms with van der Waals surface area (Å²) in [5, 5.41) is 2.80.